The van der Waals surface area contributed by atoms with Crippen molar-refractivity contribution in [3.63, 3.8) is 0 Å². The predicted octanol–water partition coefficient (Wildman–Crippen LogP) is 2.44. The Morgan fingerprint density at radius 1 is 0.875 bits per heavy atom. The van der Waals surface area contributed by atoms with Crippen LogP contribution in [0, 0.1) is 11.6 Å². The molecule has 6 nitrogen and oxygen atoms in total. The van der Waals surface area contributed by atoms with Crippen molar-refractivity contribution in [2.24, 2.45) is 0 Å². The Hall–Kier alpha value is -2.26. The summed E-state index contributed by atoms with van der Waals surface area (Å²) >= 11 is 0. The summed E-state index contributed by atoms with van der Waals surface area (Å²) in [4.78, 5) is 4.17. The molecule has 2 aromatic rings. The average molecular weight is 449 g/mol. The maximum atomic E-state index is 13.2. The van der Waals surface area contributed by atoms with Crippen molar-refractivity contribution in [3.8, 4) is 5.75 Å². The van der Waals surface area contributed by atoms with Crippen molar-refractivity contribution in [2.75, 3.05) is 57.4 Å². The molecule has 0 aliphatic carbocycles. The molecule has 2 saturated heterocycles. The third-order valence-electron chi connectivity index (χ3n) is 6.17. The quantitative estimate of drug-likeness (QED) is 0.708. The Balaban J connectivity index is 1.32. The maximum Gasteiger partial charge on any atom is 0.134 e. The third kappa shape index (κ3) is 5.95. The van der Waals surface area contributed by atoms with E-state index in [1.54, 1.807) is 12.1 Å². The van der Waals surface area contributed by atoms with Gasteiger partial charge in [-0.25, -0.2) is 8.78 Å². The van der Waals surface area contributed by atoms with Gasteiger partial charge in [0.25, 0.3) is 0 Å². The van der Waals surface area contributed by atoms with Gasteiger partial charge in [0.2, 0.25) is 0 Å². The zero-order valence-electron chi connectivity index (χ0n) is 18.1. The third-order valence-corrected chi connectivity index (χ3v) is 6.17. The van der Waals surface area contributed by atoms with Crippen LogP contribution in [0.1, 0.15) is 12.8 Å². The summed E-state index contributed by atoms with van der Waals surface area (Å²) < 4.78 is 37.5. The summed E-state index contributed by atoms with van der Waals surface area (Å²) in [7, 11) is 0. The Bertz CT molecular complexity index is 873. The Labute approximate surface area is 187 Å². The molecule has 0 unspecified atom stereocenters. The summed E-state index contributed by atoms with van der Waals surface area (Å²) in [6, 6.07) is 12.1. The number of piperidine rings is 1. The molecule has 2 fully saturated rings. The lowest BCUT2D eigenvalue weighted by Gasteiger charge is -2.42. The lowest BCUT2D eigenvalue weighted by atomic mass is 9.90. The van der Waals surface area contributed by atoms with Crippen LogP contribution in [0.5, 0.6) is 5.75 Å². The molecule has 0 saturated carbocycles. The molecule has 0 amide bonds. The van der Waals surface area contributed by atoms with Gasteiger partial charge < -0.3 is 24.6 Å². The zero-order valence-corrected chi connectivity index (χ0v) is 18.1. The van der Waals surface area contributed by atoms with E-state index in [2.05, 4.69) is 4.90 Å². The van der Waals surface area contributed by atoms with Crippen LogP contribution < -0.4 is 9.64 Å². The van der Waals surface area contributed by atoms with Gasteiger partial charge in [0.05, 0.1) is 18.8 Å². The number of ether oxygens (including phenoxy) is 2. The van der Waals surface area contributed by atoms with E-state index in [-0.39, 0.29) is 24.8 Å². The molecule has 2 N–H and O–H groups in total. The minimum absolute atomic E-state index is 0.00586. The number of rotatable bonds is 6. The number of hydrogen-bond acceptors (Lipinski definition) is 6. The number of halogens is 2. The molecule has 4 rings (SSSR count). The Kier molecular flexibility index (Phi) is 6.95. The molecule has 0 spiro atoms. The van der Waals surface area contributed by atoms with Gasteiger partial charge in [0.1, 0.15) is 29.6 Å². The molecule has 8 heteroatoms. The molecular weight excluding hydrogens is 418 g/mol. The van der Waals surface area contributed by atoms with Gasteiger partial charge in [-0.2, -0.15) is 0 Å². The highest BCUT2D eigenvalue weighted by Crippen LogP contribution is 2.28. The molecule has 2 aromatic carbocycles. The fraction of sp³-hybridized carbons (Fsp3) is 0.500. The smallest absolute Gasteiger partial charge is 0.134 e. The standard InChI is InChI=1S/C24H30F2N2O4/c25-19-1-5-21(6-2-19)28-11-9-23(29,10-12-28)15-27-13-14-31-17-24(30,16-27)18-32-22-7-3-20(26)4-8-22/h1-8,29-30H,9-18H2/t24-/m0/s1. The van der Waals surface area contributed by atoms with E-state index in [1.807, 2.05) is 4.90 Å². The van der Waals surface area contributed by atoms with Crippen LogP contribution in [0.4, 0.5) is 14.5 Å². The van der Waals surface area contributed by atoms with E-state index in [1.165, 1.54) is 36.4 Å². The average Bonchev–Trinajstić information content (AvgIpc) is 2.95. The minimum Gasteiger partial charge on any atom is -0.490 e. The van der Waals surface area contributed by atoms with E-state index in [0.29, 0.717) is 57.9 Å². The van der Waals surface area contributed by atoms with Crippen LogP contribution in [-0.2, 0) is 4.74 Å². The Morgan fingerprint density at radius 3 is 2.16 bits per heavy atom. The van der Waals surface area contributed by atoms with Crippen LogP contribution in [-0.4, -0.2) is 78.9 Å². The number of aliphatic hydroxyl groups is 2. The molecular formula is C24H30F2N2O4. The van der Waals surface area contributed by atoms with Crippen molar-refractivity contribution >= 4 is 5.69 Å². The second kappa shape index (κ2) is 9.70. The number of nitrogens with zero attached hydrogens (tertiary/aromatic N) is 2. The number of hydrogen-bond donors (Lipinski definition) is 2. The van der Waals surface area contributed by atoms with E-state index in [4.69, 9.17) is 9.47 Å². The molecule has 174 valence electrons. The van der Waals surface area contributed by atoms with Gasteiger partial charge in [0, 0.05) is 38.4 Å². The van der Waals surface area contributed by atoms with Gasteiger partial charge in [0.15, 0.2) is 0 Å². The molecule has 1 atom stereocenters. The lowest BCUT2D eigenvalue weighted by molar-refractivity contribution is -0.0742. The van der Waals surface area contributed by atoms with Gasteiger partial charge in [-0.15, -0.1) is 0 Å². The summed E-state index contributed by atoms with van der Waals surface area (Å²) in [5.74, 6) is -0.136. The molecule has 2 aliphatic rings. The van der Waals surface area contributed by atoms with E-state index in [9.17, 15) is 19.0 Å². The van der Waals surface area contributed by atoms with Crippen LogP contribution in [0.15, 0.2) is 48.5 Å². The monoisotopic (exact) mass is 448 g/mol. The summed E-state index contributed by atoms with van der Waals surface area (Å²) in [6.45, 7) is 3.26. The van der Waals surface area contributed by atoms with Crippen molar-refractivity contribution in [1.29, 1.82) is 0 Å². The molecule has 0 aromatic heterocycles. The van der Waals surface area contributed by atoms with Crippen molar-refractivity contribution in [2.45, 2.75) is 24.0 Å². The second-order valence-corrected chi connectivity index (χ2v) is 8.92. The lowest BCUT2D eigenvalue weighted by Crippen LogP contribution is -2.55. The molecule has 32 heavy (non-hydrogen) atoms. The first-order valence-electron chi connectivity index (χ1n) is 11.0. The summed E-state index contributed by atoms with van der Waals surface area (Å²) in [6.07, 6.45) is 1.15. The number of anilines is 1. The van der Waals surface area contributed by atoms with Crippen molar-refractivity contribution < 1.29 is 28.5 Å². The molecule has 2 aliphatic heterocycles. The fourth-order valence-corrected chi connectivity index (χ4v) is 4.37. The first-order chi connectivity index (χ1) is 15.3. The molecule has 2 heterocycles. The summed E-state index contributed by atoms with van der Waals surface area (Å²) in [5.41, 5.74) is -1.17. The SMILES string of the molecule is OC1(CN2CCOC[C@](O)(COc3ccc(F)cc3)C2)CCN(c2ccc(F)cc2)CC1. The van der Waals surface area contributed by atoms with E-state index >= 15 is 0 Å². The van der Waals surface area contributed by atoms with Gasteiger partial charge >= 0.3 is 0 Å². The number of benzene rings is 2. The first-order valence-corrected chi connectivity index (χ1v) is 11.0. The second-order valence-electron chi connectivity index (χ2n) is 8.92. The Morgan fingerprint density at radius 2 is 1.50 bits per heavy atom. The molecule has 0 radical (unpaired) electrons. The van der Waals surface area contributed by atoms with Crippen LogP contribution in [0.3, 0.4) is 0 Å². The van der Waals surface area contributed by atoms with Crippen molar-refractivity contribution in [3.05, 3.63) is 60.2 Å². The van der Waals surface area contributed by atoms with Gasteiger partial charge in [-0.3, -0.25) is 4.90 Å². The largest absolute Gasteiger partial charge is 0.490 e. The fourth-order valence-electron chi connectivity index (χ4n) is 4.37. The first kappa shape index (κ1) is 22.9. The van der Waals surface area contributed by atoms with Crippen LogP contribution in [0.25, 0.3) is 0 Å². The van der Waals surface area contributed by atoms with Crippen LogP contribution >= 0.6 is 0 Å². The number of β-amino-alcohol motifs (C(OH)–C–C–N with tert-alkyl or cyclic N) is 2. The topological polar surface area (TPSA) is 65.4 Å². The predicted molar refractivity (Wildman–Crippen MR) is 117 cm³/mol. The van der Waals surface area contributed by atoms with Gasteiger partial charge in [-0.05, 0) is 61.4 Å². The zero-order chi connectivity index (χ0) is 22.6. The van der Waals surface area contributed by atoms with Crippen molar-refractivity contribution in [1.82, 2.24) is 4.90 Å². The molecule has 0 bridgehead atoms. The highest BCUT2D eigenvalue weighted by molar-refractivity contribution is 5.46. The highest BCUT2D eigenvalue weighted by Gasteiger charge is 2.39. The summed E-state index contributed by atoms with van der Waals surface area (Å²) in [5, 5.41) is 22.3. The van der Waals surface area contributed by atoms with E-state index in [0.717, 1.165) is 5.69 Å². The maximum absolute atomic E-state index is 13.2. The highest BCUT2D eigenvalue weighted by atomic mass is 19.1. The normalized spacial score (nSPS) is 24.2. The van der Waals surface area contributed by atoms with Crippen LogP contribution in [0.2, 0.25) is 0 Å². The van der Waals surface area contributed by atoms with E-state index < -0.39 is 11.2 Å². The minimum atomic E-state index is -1.24. The van der Waals surface area contributed by atoms with Gasteiger partial charge in [-0.1, -0.05) is 0 Å².